The van der Waals surface area contributed by atoms with Crippen LogP contribution in [0.1, 0.15) is 67.8 Å². The number of rotatable bonds is 9. The van der Waals surface area contributed by atoms with Crippen molar-refractivity contribution in [1.29, 1.82) is 0 Å². The van der Waals surface area contributed by atoms with Crippen molar-refractivity contribution in [3.8, 4) is 0 Å². The van der Waals surface area contributed by atoms with Crippen LogP contribution in [0.3, 0.4) is 0 Å². The molecule has 1 N–H and O–H groups in total. The van der Waals surface area contributed by atoms with Crippen molar-refractivity contribution < 1.29 is 4.79 Å². The molecule has 0 atom stereocenters. The molecule has 1 aromatic carbocycles. The number of nitrogens with zero attached hydrogens (tertiary/aromatic N) is 1. The first-order valence-electron chi connectivity index (χ1n) is 7.62. The van der Waals surface area contributed by atoms with E-state index >= 15 is 0 Å². The summed E-state index contributed by atoms with van der Waals surface area (Å²) in [5, 5.41) is 3.99. The number of aryl methyl sites for hydroxylation is 1. The predicted octanol–water partition coefficient (Wildman–Crippen LogP) is 4.46. The van der Waals surface area contributed by atoms with Gasteiger partial charge in [-0.2, -0.15) is 5.10 Å². The molecule has 110 valence electrons. The Morgan fingerprint density at radius 2 is 1.95 bits per heavy atom. The highest BCUT2D eigenvalue weighted by atomic mass is 16.2. The summed E-state index contributed by atoms with van der Waals surface area (Å²) in [6.07, 6.45) is 10.4. The molecule has 0 heterocycles. The third kappa shape index (κ3) is 7.07. The van der Waals surface area contributed by atoms with Gasteiger partial charge in [0.25, 0.3) is 5.91 Å². The van der Waals surface area contributed by atoms with Crippen LogP contribution in [0.4, 0.5) is 0 Å². The van der Waals surface area contributed by atoms with Crippen LogP contribution >= 0.6 is 0 Å². The van der Waals surface area contributed by atoms with Crippen LogP contribution in [0.5, 0.6) is 0 Å². The molecule has 1 aromatic rings. The lowest BCUT2D eigenvalue weighted by Gasteiger charge is -2.01. The molecule has 0 saturated carbocycles. The molecular weight excluding hydrogens is 248 g/mol. The Labute approximate surface area is 122 Å². The van der Waals surface area contributed by atoms with E-state index in [2.05, 4.69) is 17.5 Å². The molecule has 0 bridgehead atoms. The van der Waals surface area contributed by atoms with Crippen molar-refractivity contribution >= 4 is 12.1 Å². The van der Waals surface area contributed by atoms with Crippen LogP contribution < -0.4 is 5.43 Å². The van der Waals surface area contributed by atoms with Crippen LogP contribution in [0.2, 0.25) is 0 Å². The number of benzene rings is 1. The molecule has 0 aliphatic carbocycles. The summed E-state index contributed by atoms with van der Waals surface area (Å²) >= 11 is 0. The standard InChI is InChI=1S/C17H26N2O/c1-3-4-5-6-7-8-9-13-18-19-17(20)16-12-10-11-15(2)14-16/h10-14H,3-9H2,1-2H3,(H,19,20). The van der Waals surface area contributed by atoms with E-state index in [-0.39, 0.29) is 5.91 Å². The van der Waals surface area contributed by atoms with E-state index in [1.807, 2.05) is 25.1 Å². The summed E-state index contributed by atoms with van der Waals surface area (Å²) in [7, 11) is 0. The minimum atomic E-state index is -0.145. The van der Waals surface area contributed by atoms with Gasteiger partial charge in [-0.1, -0.05) is 56.7 Å². The van der Waals surface area contributed by atoms with Crippen molar-refractivity contribution in [2.75, 3.05) is 0 Å². The van der Waals surface area contributed by atoms with Gasteiger partial charge >= 0.3 is 0 Å². The summed E-state index contributed by atoms with van der Waals surface area (Å²) in [5.41, 5.74) is 4.30. The van der Waals surface area contributed by atoms with E-state index in [1.165, 1.54) is 32.1 Å². The summed E-state index contributed by atoms with van der Waals surface area (Å²) in [6.45, 7) is 4.20. The SMILES string of the molecule is CCCCCCCCC=NNC(=O)c1cccc(C)c1. The first-order valence-corrected chi connectivity index (χ1v) is 7.62. The fourth-order valence-corrected chi connectivity index (χ4v) is 2.04. The smallest absolute Gasteiger partial charge is 0.267 e. The van der Waals surface area contributed by atoms with Gasteiger partial charge in [-0.25, -0.2) is 5.43 Å². The Morgan fingerprint density at radius 3 is 2.70 bits per heavy atom. The van der Waals surface area contributed by atoms with Gasteiger partial charge in [-0.05, 0) is 31.9 Å². The number of hydrogen-bond acceptors (Lipinski definition) is 2. The van der Waals surface area contributed by atoms with Crippen molar-refractivity contribution in [2.24, 2.45) is 5.10 Å². The van der Waals surface area contributed by atoms with Gasteiger partial charge in [0.2, 0.25) is 0 Å². The number of amides is 1. The molecule has 0 radical (unpaired) electrons. The predicted molar refractivity (Wildman–Crippen MR) is 85.1 cm³/mol. The second-order valence-electron chi connectivity index (χ2n) is 5.18. The van der Waals surface area contributed by atoms with Gasteiger partial charge in [0.15, 0.2) is 0 Å². The van der Waals surface area contributed by atoms with E-state index < -0.39 is 0 Å². The average molecular weight is 274 g/mol. The molecule has 1 rings (SSSR count). The Hall–Kier alpha value is -1.64. The van der Waals surface area contributed by atoms with Crippen LogP contribution in [-0.4, -0.2) is 12.1 Å². The van der Waals surface area contributed by atoms with Gasteiger partial charge in [0.1, 0.15) is 0 Å². The van der Waals surface area contributed by atoms with Gasteiger partial charge in [-0.3, -0.25) is 4.79 Å². The van der Waals surface area contributed by atoms with Crippen molar-refractivity contribution in [1.82, 2.24) is 5.43 Å². The minimum absolute atomic E-state index is 0.145. The molecule has 3 heteroatoms. The van der Waals surface area contributed by atoms with Crippen molar-refractivity contribution in [2.45, 2.75) is 58.8 Å². The molecule has 0 unspecified atom stereocenters. The van der Waals surface area contributed by atoms with E-state index in [0.29, 0.717) is 5.56 Å². The Balaban J connectivity index is 2.13. The molecule has 0 aromatic heterocycles. The van der Waals surface area contributed by atoms with E-state index in [0.717, 1.165) is 18.4 Å². The number of carbonyl (C=O) groups excluding carboxylic acids is 1. The zero-order valence-electron chi connectivity index (χ0n) is 12.7. The maximum absolute atomic E-state index is 11.8. The lowest BCUT2D eigenvalue weighted by molar-refractivity contribution is 0.0955. The number of nitrogens with one attached hydrogen (secondary N) is 1. The zero-order chi connectivity index (χ0) is 14.6. The Morgan fingerprint density at radius 1 is 1.20 bits per heavy atom. The number of hydrazone groups is 1. The van der Waals surface area contributed by atoms with Crippen LogP contribution in [0.15, 0.2) is 29.4 Å². The average Bonchev–Trinajstić information content (AvgIpc) is 2.45. The molecular formula is C17H26N2O. The van der Waals surface area contributed by atoms with Crippen LogP contribution in [0, 0.1) is 6.92 Å². The first kappa shape index (κ1) is 16.4. The molecule has 3 nitrogen and oxygen atoms in total. The fraction of sp³-hybridized carbons (Fsp3) is 0.529. The summed E-state index contributed by atoms with van der Waals surface area (Å²) in [5.74, 6) is -0.145. The van der Waals surface area contributed by atoms with Gasteiger partial charge in [0, 0.05) is 11.8 Å². The number of carbonyl (C=O) groups is 1. The largest absolute Gasteiger partial charge is 0.271 e. The van der Waals surface area contributed by atoms with E-state index in [9.17, 15) is 4.79 Å². The minimum Gasteiger partial charge on any atom is -0.267 e. The normalized spacial score (nSPS) is 10.9. The van der Waals surface area contributed by atoms with Crippen LogP contribution in [-0.2, 0) is 0 Å². The van der Waals surface area contributed by atoms with E-state index in [4.69, 9.17) is 0 Å². The Kier molecular flexibility index (Phi) is 8.36. The maximum Gasteiger partial charge on any atom is 0.271 e. The highest BCUT2D eigenvalue weighted by Crippen LogP contribution is 2.06. The molecule has 20 heavy (non-hydrogen) atoms. The molecule has 0 fully saturated rings. The monoisotopic (exact) mass is 274 g/mol. The molecule has 1 amide bonds. The highest BCUT2D eigenvalue weighted by Gasteiger charge is 2.02. The number of unbranched alkanes of at least 4 members (excludes halogenated alkanes) is 6. The van der Waals surface area contributed by atoms with Gasteiger partial charge in [0.05, 0.1) is 0 Å². The third-order valence-electron chi connectivity index (χ3n) is 3.22. The van der Waals surface area contributed by atoms with Crippen LogP contribution in [0.25, 0.3) is 0 Å². The summed E-state index contributed by atoms with van der Waals surface area (Å²) in [4.78, 5) is 11.8. The third-order valence-corrected chi connectivity index (χ3v) is 3.22. The molecule has 0 spiro atoms. The second-order valence-corrected chi connectivity index (χ2v) is 5.18. The van der Waals surface area contributed by atoms with Gasteiger partial charge < -0.3 is 0 Å². The van der Waals surface area contributed by atoms with Crippen molar-refractivity contribution in [3.63, 3.8) is 0 Å². The Bertz CT molecular complexity index is 427. The van der Waals surface area contributed by atoms with E-state index in [1.54, 1.807) is 12.3 Å². The summed E-state index contributed by atoms with van der Waals surface area (Å²) in [6, 6.07) is 7.51. The van der Waals surface area contributed by atoms with Gasteiger partial charge in [-0.15, -0.1) is 0 Å². The molecule has 0 saturated heterocycles. The lowest BCUT2D eigenvalue weighted by Crippen LogP contribution is -2.17. The summed E-state index contributed by atoms with van der Waals surface area (Å²) < 4.78 is 0. The second kappa shape index (κ2) is 10.2. The number of hydrogen-bond donors (Lipinski definition) is 1. The lowest BCUT2D eigenvalue weighted by atomic mass is 10.1. The topological polar surface area (TPSA) is 41.5 Å². The maximum atomic E-state index is 11.8. The first-order chi connectivity index (χ1) is 9.74. The highest BCUT2D eigenvalue weighted by molar-refractivity contribution is 5.94. The fourth-order valence-electron chi connectivity index (χ4n) is 2.04. The molecule has 0 aliphatic heterocycles. The zero-order valence-corrected chi connectivity index (χ0v) is 12.7. The van der Waals surface area contributed by atoms with Crippen molar-refractivity contribution in [3.05, 3.63) is 35.4 Å². The molecule has 0 aliphatic rings. The quantitative estimate of drug-likeness (QED) is 0.403.